The van der Waals surface area contributed by atoms with Crippen molar-refractivity contribution in [2.75, 3.05) is 39.6 Å². The monoisotopic (exact) mass is 300 g/mol. The van der Waals surface area contributed by atoms with Crippen molar-refractivity contribution < 1.29 is 14.2 Å². The molecule has 0 N–H and O–H groups in total. The number of ether oxygens (including phenoxy) is 3. The van der Waals surface area contributed by atoms with E-state index in [1.165, 1.54) is 38.5 Å². The van der Waals surface area contributed by atoms with Crippen LogP contribution in [0.15, 0.2) is 0 Å². The van der Waals surface area contributed by atoms with Crippen LogP contribution in [0.1, 0.15) is 59.3 Å². The average Bonchev–Trinajstić information content (AvgIpc) is 2.50. The Labute approximate surface area is 131 Å². The first kappa shape index (κ1) is 18.9. The van der Waals surface area contributed by atoms with Gasteiger partial charge in [-0.25, -0.2) is 0 Å². The van der Waals surface area contributed by atoms with Gasteiger partial charge in [-0.1, -0.05) is 6.42 Å². The zero-order valence-corrected chi connectivity index (χ0v) is 14.4. The largest absolute Gasteiger partial charge is 0.382 e. The van der Waals surface area contributed by atoms with Gasteiger partial charge in [0.1, 0.15) is 0 Å². The minimum atomic E-state index is 0.817. The van der Waals surface area contributed by atoms with Crippen LogP contribution < -0.4 is 0 Å². The normalized spacial score (nSPS) is 26.1. The molecule has 0 aliphatic heterocycles. The molecular formula is C18H36O3. The molecule has 0 aromatic rings. The van der Waals surface area contributed by atoms with Gasteiger partial charge in [0.15, 0.2) is 0 Å². The molecule has 3 nitrogen and oxygen atoms in total. The number of rotatable bonds is 12. The van der Waals surface area contributed by atoms with E-state index >= 15 is 0 Å². The summed E-state index contributed by atoms with van der Waals surface area (Å²) in [7, 11) is 0. The van der Waals surface area contributed by atoms with Crippen LogP contribution in [0, 0.1) is 17.8 Å². The summed E-state index contributed by atoms with van der Waals surface area (Å²) in [4.78, 5) is 0. The summed E-state index contributed by atoms with van der Waals surface area (Å²) in [5.74, 6) is 2.50. The lowest BCUT2D eigenvalue weighted by atomic mass is 9.71. The third-order valence-corrected chi connectivity index (χ3v) is 4.80. The number of hydrogen-bond acceptors (Lipinski definition) is 3. The quantitative estimate of drug-likeness (QED) is 0.503. The molecule has 0 saturated heterocycles. The highest BCUT2D eigenvalue weighted by molar-refractivity contribution is 4.80. The van der Waals surface area contributed by atoms with Crippen molar-refractivity contribution in [2.24, 2.45) is 17.8 Å². The fraction of sp³-hybridized carbons (Fsp3) is 1.00. The van der Waals surface area contributed by atoms with Crippen molar-refractivity contribution in [3.8, 4) is 0 Å². The van der Waals surface area contributed by atoms with Gasteiger partial charge in [0.2, 0.25) is 0 Å². The van der Waals surface area contributed by atoms with E-state index in [1.807, 2.05) is 0 Å². The van der Waals surface area contributed by atoms with Gasteiger partial charge in [-0.2, -0.15) is 0 Å². The number of hydrogen-bond donors (Lipinski definition) is 0. The second-order valence-corrected chi connectivity index (χ2v) is 6.16. The standard InChI is InChI=1S/C18H36O3/c1-4-19-12-9-16-7-8-17(10-13-20-5-2)18(15-16)11-14-21-6-3/h16-18H,4-15H2,1-3H3. The SMILES string of the molecule is CCOCCC1CCC(CCOCC)C(CCOCC)C1. The zero-order valence-electron chi connectivity index (χ0n) is 14.4. The molecule has 0 bridgehead atoms. The Balaban J connectivity index is 2.36. The molecule has 1 aliphatic carbocycles. The summed E-state index contributed by atoms with van der Waals surface area (Å²) >= 11 is 0. The van der Waals surface area contributed by atoms with E-state index < -0.39 is 0 Å². The molecule has 1 saturated carbocycles. The van der Waals surface area contributed by atoms with E-state index in [4.69, 9.17) is 14.2 Å². The maximum atomic E-state index is 5.59. The van der Waals surface area contributed by atoms with Crippen molar-refractivity contribution in [3.05, 3.63) is 0 Å². The van der Waals surface area contributed by atoms with Gasteiger partial charge in [0.25, 0.3) is 0 Å². The molecule has 0 aromatic heterocycles. The van der Waals surface area contributed by atoms with Crippen molar-refractivity contribution >= 4 is 0 Å². The molecule has 3 atom stereocenters. The van der Waals surface area contributed by atoms with Crippen molar-refractivity contribution in [3.63, 3.8) is 0 Å². The van der Waals surface area contributed by atoms with Crippen molar-refractivity contribution in [1.82, 2.24) is 0 Å². The molecule has 0 amide bonds. The molecule has 3 heteroatoms. The van der Waals surface area contributed by atoms with Crippen molar-refractivity contribution in [1.29, 1.82) is 0 Å². The van der Waals surface area contributed by atoms with E-state index in [2.05, 4.69) is 20.8 Å². The molecule has 0 radical (unpaired) electrons. The van der Waals surface area contributed by atoms with E-state index in [0.29, 0.717) is 0 Å². The highest BCUT2D eigenvalue weighted by Gasteiger charge is 2.29. The van der Waals surface area contributed by atoms with Crippen LogP contribution in [0.5, 0.6) is 0 Å². The van der Waals surface area contributed by atoms with E-state index in [-0.39, 0.29) is 0 Å². The van der Waals surface area contributed by atoms with Gasteiger partial charge in [-0.3, -0.25) is 0 Å². The van der Waals surface area contributed by atoms with Gasteiger partial charge >= 0.3 is 0 Å². The zero-order chi connectivity index (χ0) is 15.3. The predicted molar refractivity (Wildman–Crippen MR) is 87.7 cm³/mol. The molecule has 126 valence electrons. The Morgan fingerprint density at radius 2 is 1.19 bits per heavy atom. The van der Waals surface area contributed by atoms with Crippen molar-refractivity contribution in [2.45, 2.75) is 59.3 Å². The van der Waals surface area contributed by atoms with Crippen LogP contribution in [-0.2, 0) is 14.2 Å². The molecule has 0 spiro atoms. The lowest BCUT2D eigenvalue weighted by molar-refractivity contribution is 0.0579. The minimum Gasteiger partial charge on any atom is -0.382 e. The van der Waals surface area contributed by atoms with Crippen LogP contribution >= 0.6 is 0 Å². The Kier molecular flexibility index (Phi) is 11.2. The maximum Gasteiger partial charge on any atom is 0.0468 e. The fourth-order valence-electron chi connectivity index (χ4n) is 3.57. The predicted octanol–water partition coefficient (Wildman–Crippen LogP) is 4.30. The summed E-state index contributed by atoms with van der Waals surface area (Å²) in [5, 5.41) is 0. The first-order chi connectivity index (χ1) is 10.3. The second kappa shape index (κ2) is 12.4. The molecule has 0 heterocycles. The van der Waals surface area contributed by atoms with E-state index in [0.717, 1.165) is 57.4 Å². The first-order valence-corrected chi connectivity index (χ1v) is 9.04. The molecule has 21 heavy (non-hydrogen) atoms. The van der Waals surface area contributed by atoms with Crippen LogP contribution in [-0.4, -0.2) is 39.6 Å². The van der Waals surface area contributed by atoms with Gasteiger partial charge in [-0.15, -0.1) is 0 Å². The molecule has 1 fully saturated rings. The highest BCUT2D eigenvalue weighted by Crippen LogP contribution is 2.39. The Bertz CT molecular complexity index is 233. The minimum absolute atomic E-state index is 0.817. The highest BCUT2D eigenvalue weighted by atomic mass is 16.5. The molecule has 1 rings (SSSR count). The third kappa shape index (κ3) is 8.18. The average molecular weight is 300 g/mol. The Morgan fingerprint density at radius 3 is 1.76 bits per heavy atom. The Hall–Kier alpha value is -0.120. The van der Waals surface area contributed by atoms with Gasteiger partial charge in [0.05, 0.1) is 0 Å². The maximum absolute atomic E-state index is 5.59. The topological polar surface area (TPSA) is 27.7 Å². The van der Waals surface area contributed by atoms with Crippen LogP contribution in [0.3, 0.4) is 0 Å². The molecule has 0 aromatic carbocycles. The van der Waals surface area contributed by atoms with Crippen LogP contribution in [0.25, 0.3) is 0 Å². The summed E-state index contributed by atoms with van der Waals surface area (Å²) in [6.07, 6.45) is 7.77. The van der Waals surface area contributed by atoms with E-state index in [9.17, 15) is 0 Å². The fourth-order valence-corrected chi connectivity index (χ4v) is 3.57. The third-order valence-electron chi connectivity index (χ3n) is 4.80. The molecule has 1 aliphatic rings. The molecular weight excluding hydrogens is 264 g/mol. The lowest BCUT2D eigenvalue weighted by Crippen LogP contribution is -2.28. The lowest BCUT2D eigenvalue weighted by Gasteiger charge is -2.36. The summed E-state index contributed by atoms with van der Waals surface area (Å²) < 4.78 is 16.7. The smallest absolute Gasteiger partial charge is 0.0468 e. The van der Waals surface area contributed by atoms with Crippen LogP contribution in [0.2, 0.25) is 0 Å². The van der Waals surface area contributed by atoms with E-state index in [1.54, 1.807) is 0 Å². The van der Waals surface area contributed by atoms with Gasteiger partial charge in [-0.05, 0) is 70.6 Å². The van der Waals surface area contributed by atoms with Gasteiger partial charge in [0, 0.05) is 39.6 Å². The van der Waals surface area contributed by atoms with Gasteiger partial charge < -0.3 is 14.2 Å². The van der Waals surface area contributed by atoms with Crippen LogP contribution in [0.4, 0.5) is 0 Å². The first-order valence-electron chi connectivity index (χ1n) is 9.04. The molecule has 3 unspecified atom stereocenters. The summed E-state index contributed by atoms with van der Waals surface area (Å²) in [6, 6.07) is 0. The Morgan fingerprint density at radius 1 is 0.667 bits per heavy atom. The summed E-state index contributed by atoms with van der Waals surface area (Å²) in [5.41, 5.74) is 0. The second-order valence-electron chi connectivity index (χ2n) is 6.16. The summed E-state index contributed by atoms with van der Waals surface area (Å²) in [6.45, 7) is 11.5.